The number of benzene rings is 2. The normalized spacial score (nSPS) is 16.0. The molecule has 2 heterocycles. The Kier molecular flexibility index (Phi) is 6.50. The first-order valence-electron chi connectivity index (χ1n) is 10.7. The van der Waals surface area contributed by atoms with E-state index < -0.39 is 0 Å². The molecule has 3 aromatic rings. The van der Waals surface area contributed by atoms with Gasteiger partial charge in [-0.2, -0.15) is 0 Å². The van der Waals surface area contributed by atoms with Crippen LogP contribution in [0.1, 0.15) is 50.3 Å². The zero-order chi connectivity index (χ0) is 22.7. The number of amides is 3. The first-order chi connectivity index (χ1) is 15.4. The molecule has 1 aliphatic heterocycles. The van der Waals surface area contributed by atoms with E-state index in [4.69, 9.17) is 0 Å². The van der Waals surface area contributed by atoms with Crippen molar-refractivity contribution in [3.8, 4) is 0 Å². The van der Waals surface area contributed by atoms with Gasteiger partial charge in [-0.15, -0.1) is 10.2 Å². The second-order valence-corrected chi connectivity index (χ2v) is 9.31. The number of rotatable bonds is 4. The topological polar surface area (TPSA) is 87.2 Å². The standard InChI is InChI=1S/C24H27N5O2S/c1-15-7-10-19(11-8-15)25-21(30)23-28-27-22(32-23)18-5-4-12-29(14-18)24(31)26-20-13-16(2)6-9-17(20)3/h6-11,13,18H,4-5,12,14H2,1-3H3,(H,25,30)(H,26,31)/t18-/m0/s1. The monoisotopic (exact) mass is 449 g/mol. The summed E-state index contributed by atoms with van der Waals surface area (Å²) in [5, 5.41) is 15.4. The maximum absolute atomic E-state index is 12.9. The molecule has 4 rings (SSSR count). The number of nitrogens with zero attached hydrogens (tertiary/aromatic N) is 3. The van der Waals surface area contributed by atoms with Crippen molar-refractivity contribution in [2.24, 2.45) is 0 Å². The van der Waals surface area contributed by atoms with Gasteiger partial charge in [0, 0.05) is 30.4 Å². The lowest BCUT2D eigenvalue weighted by Gasteiger charge is -2.31. The molecule has 3 amide bonds. The van der Waals surface area contributed by atoms with Crippen LogP contribution in [0.5, 0.6) is 0 Å². The van der Waals surface area contributed by atoms with Crippen molar-refractivity contribution in [1.29, 1.82) is 0 Å². The van der Waals surface area contributed by atoms with Crippen molar-refractivity contribution in [3.63, 3.8) is 0 Å². The molecular weight excluding hydrogens is 422 g/mol. The van der Waals surface area contributed by atoms with Crippen LogP contribution in [-0.4, -0.2) is 40.1 Å². The summed E-state index contributed by atoms with van der Waals surface area (Å²) in [7, 11) is 0. The highest BCUT2D eigenvalue weighted by Gasteiger charge is 2.28. The molecule has 1 atom stereocenters. The van der Waals surface area contributed by atoms with E-state index in [0.717, 1.165) is 45.9 Å². The van der Waals surface area contributed by atoms with Gasteiger partial charge in [0.15, 0.2) is 0 Å². The van der Waals surface area contributed by atoms with Gasteiger partial charge in [-0.1, -0.05) is 41.2 Å². The first-order valence-corrected chi connectivity index (χ1v) is 11.6. The minimum atomic E-state index is -0.266. The Hall–Kier alpha value is -3.26. The Morgan fingerprint density at radius 3 is 2.53 bits per heavy atom. The molecule has 0 saturated carbocycles. The van der Waals surface area contributed by atoms with Crippen molar-refractivity contribution in [1.82, 2.24) is 15.1 Å². The van der Waals surface area contributed by atoms with E-state index in [-0.39, 0.29) is 17.9 Å². The quantitative estimate of drug-likeness (QED) is 0.578. The first kappa shape index (κ1) is 22.0. The Morgan fingerprint density at radius 2 is 1.75 bits per heavy atom. The van der Waals surface area contributed by atoms with Crippen LogP contribution in [0.4, 0.5) is 16.2 Å². The van der Waals surface area contributed by atoms with E-state index in [0.29, 0.717) is 18.1 Å². The average Bonchev–Trinajstić information content (AvgIpc) is 3.28. The third-order valence-corrected chi connectivity index (χ3v) is 6.72. The molecule has 7 nitrogen and oxygen atoms in total. The molecule has 0 aliphatic carbocycles. The molecule has 0 spiro atoms. The van der Waals surface area contributed by atoms with Crippen molar-refractivity contribution in [2.45, 2.75) is 39.5 Å². The van der Waals surface area contributed by atoms with E-state index in [2.05, 4.69) is 20.8 Å². The van der Waals surface area contributed by atoms with Crippen LogP contribution in [0.15, 0.2) is 42.5 Å². The molecular formula is C24H27N5O2S. The average molecular weight is 450 g/mol. The number of hydrogen-bond donors (Lipinski definition) is 2. The smallest absolute Gasteiger partial charge is 0.321 e. The highest BCUT2D eigenvalue weighted by molar-refractivity contribution is 7.13. The lowest BCUT2D eigenvalue weighted by molar-refractivity contribution is 0.102. The molecule has 1 saturated heterocycles. The summed E-state index contributed by atoms with van der Waals surface area (Å²) >= 11 is 1.30. The van der Waals surface area contributed by atoms with Crippen LogP contribution in [0.25, 0.3) is 0 Å². The van der Waals surface area contributed by atoms with Gasteiger partial charge in [-0.25, -0.2) is 4.79 Å². The van der Waals surface area contributed by atoms with Gasteiger partial charge in [0.1, 0.15) is 5.01 Å². The van der Waals surface area contributed by atoms with Crippen LogP contribution in [-0.2, 0) is 0 Å². The zero-order valence-electron chi connectivity index (χ0n) is 18.5. The number of anilines is 2. The number of aryl methyl sites for hydroxylation is 3. The number of nitrogens with one attached hydrogen (secondary N) is 2. The van der Waals surface area contributed by atoms with Crippen molar-refractivity contribution < 1.29 is 9.59 Å². The van der Waals surface area contributed by atoms with Crippen LogP contribution in [0.2, 0.25) is 0 Å². The zero-order valence-corrected chi connectivity index (χ0v) is 19.3. The Morgan fingerprint density at radius 1 is 1.00 bits per heavy atom. The number of piperidine rings is 1. The van der Waals surface area contributed by atoms with Gasteiger partial charge in [0.05, 0.1) is 0 Å². The van der Waals surface area contributed by atoms with Gasteiger partial charge in [-0.05, 0) is 62.9 Å². The predicted octanol–water partition coefficient (Wildman–Crippen LogP) is 5.13. The molecule has 166 valence electrons. The van der Waals surface area contributed by atoms with Crippen molar-refractivity contribution in [2.75, 3.05) is 23.7 Å². The second-order valence-electron chi connectivity index (χ2n) is 8.30. The molecule has 1 aliphatic rings. The lowest BCUT2D eigenvalue weighted by Crippen LogP contribution is -2.41. The molecule has 0 radical (unpaired) electrons. The third-order valence-electron chi connectivity index (χ3n) is 5.64. The highest BCUT2D eigenvalue weighted by Crippen LogP contribution is 2.30. The summed E-state index contributed by atoms with van der Waals surface area (Å²) in [6.45, 7) is 7.25. The number of hydrogen-bond acceptors (Lipinski definition) is 5. The summed E-state index contributed by atoms with van der Waals surface area (Å²) in [5.41, 5.74) is 4.83. The second kappa shape index (κ2) is 9.48. The van der Waals surface area contributed by atoms with Gasteiger partial charge in [0.25, 0.3) is 5.91 Å². The van der Waals surface area contributed by atoms with E-state index in [1.807, 2.05) is 68.1 Å². The minimum absolute atomic E-state index is 0.0755. The number of carbonyl (C=O) groups is 2. The maximum atomic E-state index is 12.9. The van der Waals surface area contributed by atoms with Crippen molar-refractivity contribution in [3.05, 3.63) is 69.2 Å². The number of likely N-dealkylation sites (tertiary alicyclic amines) is 1. The van der Waals surface area contributed by atoms with Gasteiger partial charge in [-0.3, -0.25) is 4.79 Å². The van der Waals surface area contributed by atoms with Crippen LogP contribution >= 0.6 is 11.3 Å². The van der Waals surface area contributed by atoms with E-state index in [1.54, 1.807) is 0 Å². The van der Waals surface area contributed by atoms with Crippen molar-refractivity contribution >= 4 is 34.6 Å². The van der Waals surface area contributed by atoms with Gasteiger partial charge < -0.3 is 15.5 Å². The summed E-state index contributed by atoms with van der Waals surface area (Å²) in [4.78, 5) is 27.2. The molecule has 32 heavy (non-hydrogen) atoms. The SMILES string of the molecule is Cc1ccc(NC(=O)c2nnc([C@H]3CCCN(C(=O)Nc4cc(C)ccc4C)C3)s2)cc1. The minimum Gasteiger partial charge on any atom is -0.324 e. The molecule has 1 aromatic heterocycles. The van der Waals surface area contributed by atoms with Gasteiger partial charge in [0.2, 0.25) is 5.01 Å². The maximum Gasteiger partial charge on any atom is 0.321 e. The fourth-order valence-electron chi connectivity index (χ4n) is 3.74. The lowest BCUT2D eigenvalue weighted by atomic mass is 9.99. The molecule has 1 fully saturated rings. The third kappa shape index (κ3) is 5.13. The van der Waals surface area contributed by atoms with Crippen LogP contribution in [0.3, 0.4) is 0 Å². The van der Waals surface area contributed by atoms with Crippen LogP contribution in [0, 0.1) is 20.8 Å². The Balaban J connectivity index is 1.39. The summed E-state index contributed by atoms with van der Waals surface area (Å²) in [6.07, 6.45) is 1.80. The molecule has 0 unspecified atom stereocenters. The van der Waals surface area contributed by atoms with Gasteiger partial charge >= 0.3 is 6.03 Å². The molecule has 2 aromatic carbocycles. The molecule has 0 bridgehead atoms. The largest absolute Gasteiger partial charge is 0.324 e. The fraction of sp³-hybridized carbons (Fsp3) is 0.333. The van der Waals surface area contributed by atoms with E-state index >= 15 is 0 Å². The fourth-order valence-corrected chi connectivity index (χ4v) is 4.60. The molecule has 8 heteroatoms. The summed E-state index contributed by atoms with van der Waals surface area (Å²) < 4.78 is 0. The van der Waals surface area contributed by atoms with E-state index in [9.17, 15) is 9.59 Å². The molecule has 2 N–H and O–H groups in total. The highest BCUT2D eigenvalue weighted by atomic mass is 32.1. The predicted molar refractivity (Wildman–Crippen MR) is 128 cm³/mol. The number of carbonyl (C=O) groups excluding carboxylic acids is 2. The Bertz CT molecular complexity index is 1130. The van der Waals surface area contributed by atoms with Crippen LogP contribution < -0.4 is 10.6 Å². The number of urea groups is 1. The Labute approximate surface area is 191 Å². The summed E-state index contributed by atoms with van der Waals surface area (Å²) in [6, 6.07) is 13.5. The summed E-state index contributed by atoms with van der Waals surface area (Å²) in [5.74, 6) is -0.190. The number of aromatic nitrogens is 2. The van der Waals surface area contributed by atoms with E-state index in [1.165, 1.54) is 11.3 Å².